The molecule has 0 saturated carbocycles. The molecule has 21 heavy (non-hydrogen) atoms. The summed E-state index contributed by atoms with van der Waals surface area (Å²) in [6.45, 7) is 2.98. The lowest BCUT2D eigenvalue weighted by molar-refractivity contribution is 0.101. The molecule has 0 aliphatic heterocycles. The lowest BCUT2D eigenvalue weighted by atomic mass is 10.1. The van der Waals surface area contributed by atoms with Crippen molar-refractivity contribution in [2.75, 3.05) is 0 Å². The van der Waals surface area contributed by atoms with Crippen LogP contribution in [0.25, 0.3) is 0 Å². The zero-order valence-electron chi connectivity index (χ0n) is 11.5. The van der Waals surface area contributed by atoms with E-state index in [4.69, 9.17) is 4.74 Å². The third-order valence-electron chi connectivity index (χ3n) is 3.03. The highest BCUT2D eigenvalue weighted by Crippen LogP contribution is 2.25. The first-order valence-corrected chi connectivity index (χ1v) is 7.06. The predicted molar refractivity (Wildman–Crippen MR) is 79.6 cm³/mol. The first-order chi connectivity index (χ1) is 9.90. The van der Waals surface area contributed by atoms with Gasteiger partial charge in [0.05, 0.1) is 15.6 Å². The lowest BCUT2D eigenvalue weighted by Gasteiger charge is -2.12. The molecule has 0 aliphatic carbocycles. The van der Waals surface area contributed by atoms with Crippen molar-refractivity contribution >= 4 is 21.7 Å². The zero-order chi connectivity index (χ0) is 15.6. The van der Waals surface area contributed by atoms with E-state index in [2.05, 4.69) is 15.9 Å². The predicted octanol–water partition coefficient (Wildman–Crippen LogP) is 4.82. The summed E-state index contributed by atoms with van der Waals surface area (Å²) in [5, 5.41) is 0. The minimum Gasteiger partial charge on any atom is -0.488 e. The average molecular weight is 355 g/mol. The van der Waals surface area contributed by atoms with Crippen LogP contribution in [0.1, 0.15) is 28.4 Å². The molecule has 0 radical (unpaired) electrons. The summed E-state index contributed by atoms with van der Waals surface area (Å²) >= 11 is 3.00. The summed E-state index contributed by atoms with van der Waals surface area (Å²) < 4.78 is 33.1. The van der Waals surface area contributed by atoms with Gasteiger partial charge < -0.3 is 4.74 Å². The largest absolute Gasteiger partial charge is 0.488 e. The van der Waals surface area contributed by atoms with Crippen LogP contribution in [0.4, 0.5) is 8.78 Å². The highest BCUT2D eigenvalue weighted by Gasteiger charge is 2.15. The van der Waals surface area contributed by atoms with Gasteiger partial charge in [-0.1, -0.05) is 11.6 Å². The van der Waals surface area contributed by atoms with E-state index in [9.17, 15) is 13.6 Å². The Hall–Kier alpha value is -1.75. The third kappa shape index (κ3) is 3.47. The minimum atomic E-state index is -0.702. The first kappa shape index (κ1) is 15.6. The number of hydrogen-bond acceptors (Lipinski definition) is 2. The van der Waals surface area contributed by atoms with Gasteiger partial charge >= 0.3 is 0 Å². The van der Waals surface area contributed by atoms with E-state index in [0.717, 1.165) is 11.6 Å². The zero-order valence-corrected chi connectivity index (χ0v) is 13.1. The molecule has 0 amide bonds. The second kappa shape index (κ2) is 6.35. The van der Waals surface area contributed by atoms with Crippen LogP contribution in [0.15, 0.2) is 34.8 Å². The smallest absolute Gasteiger partial charge is 0.163 e. The second-order valence-electron chi connectivity index (χ2n) is 4.67. The first-order valence-electron chi connectivity index (χ1n) is 6.27. The molecule has 0 heterocycles. The second-order valence-corrected chi connectivity index (χ2v) is 5.52. The van der Waals surface area contributed by atoms with Gasteiger partial charge in [0, 0.05) is 0 Å². The number of ketones is 1. The molecular formula is C16H13BrF2O2. The molecule has 2 nitrogen and oxygen atoms in total. The molecule has 0 saturated heterocycles. The monoisotopic (exact) mass is 354 g/mol. The molecule has 0 unspecified atom stereocenters. The molecule has 0 N–H and O–H groups in total. The Morgan fingerprint density at radius 2 is 1.95 bits per heavy atom. The van der Waals surface area contributed by atoms with Crippen molar-refractivity contribution in [1.29, 1.82) is 0 Å². The van der Waals surface area contributed by atoms with Gasteiger partial charge in [-0.25, -0.2) is 8.78 Å². The van der Waals surface area contributed by atoms with Crippen LogP contribution in [-0.4, -0.2) is 5.78 Å². The Labute approximate surface area is 129 Å². The maximum Gasteiger partial charge on any atom is 0.163 e. The van der Waals surface area contributed by atoms with Crippen molar-refractivity contribution in [2.24, 2.45) is 0 Å². The molecule has 2 rings (SSSR count). The number of Topliss-reactive ketones (excluding diaryl/α,β-unsaturated/α-hetero) is 1. The maximum absolute atomic E-state index is 13.9. The van der Waals surface area contributed by atoms with E-state index in [0.29, 0.717) is 11.3 Å². The number of carbonyl (C=O) groups excluding carboxylic acids is 1. The van der Waals surface area contributed by atoms with Crippen LogP contribution in [0.3, 0.4) is 0 Å². The number of carbonyl (C=O) groups is 1. The Balaban J connectivity index is 2.29. The van der Waals surface area contributed by atoms with Gasteiger partial charge in [0.25, 0.3) is 0 Å². The van der Waals surface area contributed by atoms with Gasteiger partial charge in [0.1, 0.15) is 24.0 Å². The summed E-state index contributed by atoms with van der Waals surface area (Å²) in [5.74, 6) is -1.24. The average Bonchev–Trinajstić information content (AvgIpc) is 2.44. The maximum atomic E-state index is 13.9. The van der Waals surface area contributed by atoms with E-state index in [1.54, 1.807) is 18.2 Å². The van der Waals surface area contributed by atoms with Crippen LogP contribution in [0.2, 0.25) is 0 Å². The third-order valence-corrected chi connectivity index (χ3v) is 3.64. The van der Waals surface area contributed by atoms with Crippen molar-refractivity contribution in [3.63, 3.8) is 0 Å². The molecule has 5 heteroatoms. The lowest BCUT2D eigenvalue weighted by Crippen LogP contribution is -2.05. The van der Waals surface area contributed by atoms with Crippen molar-refractivity contribution in [3.05, 3.63) is 63.1 Å². The SMILES string of the molecule is CC(=O)c1cc(C)ccc1OCc1c(F)ccc(Br)c1F. The van der Waals surface area contributed by atoms with Crippen LogP contribution in [-0.2, 0) is 6.61 Å². The van der Waals surface area contributed by atoms with E-state index in [-0.39, 0.29) is 22.4 Å². The van der Waals surface area contributed by atoms with Crippen LogP contribution < -0.4 is 4.74 Å². The van der Waals surface area contributed by atoms with Gasteiger partial charge in [-0.2, -0.15) is 0 Å². The van der Waals surface area contributed by atoms with E-state index in [1.807, 2.05) is 6.92 Å². The quantitative estimate of drug-likeness (QED) is 0.581. The van der Waals surface area contributed by atoms with Crippen LogP contribution >= 0.6 is 15.9 Å². The van der Waals surface area contributed by atoms with Gasteiger partial charge in [-0.05, 0) is 54.0 Å². The molecule has 0 atom stereocenters. The molecule has 110 valence electrons. The van der Waals surface area contributed by atoms with Crippen molar-refractivity contribution in [1.82, 2.24) is 0 Å². The standard InChI is InChI=1S/C16H13BrF2O2/c1-9-3-6-15(11(7-9)10(2)20)21-8-12-14(18)5-4-13(17)16(12)19/h3-7H,8H2,1-2H3. The van der Waals surface area contributed by atoms with Crippen LogP contribution in [0.5, 0.6) is 5.75 Å². The van der Waals surface area contributed by atoms with Crippen LogP contribution in [0, 0.1) is 18.6 Å². The number of ether oxygens (including phenoxy) is 1. The summed E-state index contributed by atoms with van der Waals surface area (Å²) in [6.07, 6.45) is 0. The minimum absolute atomic E-state index is 0.163. The summed E-state index contributed by atoms with van der Waals surface area (Å²) in [5.41, 5.74) is 1.12. The topological polar surface area (TPSA) is 26.3 Å². The number of benzene rings is 2. The number of halogens is 3. The fraction of sp³-hybridized carbons (Fsp3) is 0.188. The number of rotatable bonds is 4. The normalized spacial score (nSPS) is 10.5. The summed E-state index contributed by atoms with van der Waals surface area (Å²) in [4.78, 5) is 11.6. The fourth-order valence-corrected chi connectivity index (χ4v) is 2.27. The molecular weight excluding hydrogens is 342 g/mol. The molecule has 0 aliphatic rings. The van der Waals surface area contributed by atoms with E-state index < -0.39 is 11.6 Å². The fourth-order valence-electron chi connectivity index (χ4n) is 1.90. The van der Waals surface area contributed by atoms with Crippen molar-refractivity contribution < 1.29 is 18.3 Å². The Morgan fingerprint density at radius 1 is 1.24 bits per heavy atom. The van der Waals surface area contributed by atoms with Gasteiger partial charge in [-0.3, -0.25) is 4.79 Å². The highest BCUT2D eigenvalue weighted by atomic mass is 79.9. The summed E-state index contributed by atoms with van der Waals surface area (Å²) in [7, 11) is 0. The van der Waals surface area contributed by atoms with Gasteiger partial charge in [-0.15, -0.1) is 0 Å². The van der Waals surface area contributed by atoms with E-state index in [1.165, 1.54) is 13.0 Å². The molecule has 0 fully saturated rings. The molecule has 2 aromatic rings. The molecule has 2 aromatic carbocycles. The Bertz CT molecular complexity index is 699. The summed E-state index contributed by atoms with van der Waals surface area (Å²) in [6, 6.07) is 7.54. The van der Waals surface area contributed by atoms with Gasteiger partial charge in [0.2, 0.25) is 0 Å². The Kier molecular flexibility index (Phi) is 4.73. The van der Waals surface area contributed by atoms with Gasteiger partial charge in [0.15, 0.2) is 5.78 Å². The van der Waals surface area contributed by atoms with Crippen molar-refractivity contribution in [3.8, 4) is 5.75 Å². The molecule has 0 bridgehead atoms. The molecule has 0 aromatic heterocycles. The van der Waals surface area contributed by atoms with Crippen molar-refractivity contribution in [2.45, 2.75) is 20.5 Å². The highest BCUT2D eigenvalue weighted by molar-refractivity contribution is 9.10. The number of aryl methyl sites for hydroxylation is 1. The number of hydrogen-bond donors (Lipinski definition) is 0. The Morgan fingerprint density at radius 3 is 2.62 bits per heavy atom. The molecule has 0 spiro atoms. The van der Waals surface area contributed by atoms with E-state index >= 15 is 0 Å².